The van der Waals surface area contributed by atoms with E-state index in [1.165, 1.54) is 14.0 Å². The van der Waals surface area contributed by atoms with Gasteiger partial charge in [-0.3, -0.25) is 9.59 Å². The van der Waals surface area contributed by atoms with E-state index >= 15 is 0 Å². The van der Waals surface area contributed by atoms with Gasteiger partial charge < -0.3 is 9.47 Å². The molecule has 0 aliphatic carbocycles. The van der Waals surface area contributed by atoms with Crippen LogP contribution in [0.25, 0.3) is 0 Å². The van der Waals surface area contributed by atoms with E-state index < -0.39 is 11.5 Å². The number of hydrogen-bond donors (Lipinski definition) is 0. The maximum Gasteiger partial charge on any atom is 0.159 e. The Labute approximate surface area is 102 Å². The summed E-state index contributed by atoms with van der Waals surface area (Å²) in [7, 11) is 1.48. The zero-order chi connectivity index (χ0) is 12.8. The molecule has 5 atom stereocenters. The fraction of sp³-hybridized carbons (Fsp3) is 0.846. The molecular weight excluding hydrogens is 220 g/mol. The smallest absolute Gasteiger partial charge is 0.159 e. The first-order valence-corrected chi connectivity index (χ1v) is 6.16. The average Bonchev–Trinajstić information content (AvgIpc) is 2.72. The molecule has 2 saturated heterocycles. The normalized spacial score (nSPS) is 42.6. The predicted molar refractivity (Wildman–Crippen MR) is 61.7 cm³/mol. The SMILES string of the molecule is CO[C@H](C(C)=O)[C@]1(C)C(=O)[C@@H](C)[C@H]2CC[C@@H]1O2. The summed E-state index contributed by atoms with van der Waals surface area (Å²) in [4.78, 5) is 24.2. The maximum atomic E-state index is 12.5. The topological polar surface area (TPSA) is 52.6 Å². The summed E-state index contributed by atoms with van der Waals surface area (Å²) < 4.78 is 11.1. The van der Waals surface area contributed by atoms with Crippen LogP contribution < -0.4 is 0 Å². The van der Waals surface area contributed by atoms with Crippen LogP contribution in [0.15, 0.2) is 0 Å². The minimum absolute atomic E-state index is 0.0324. The predicted octanol–water partition coefficient (Wildman–Crippen LogP) is 1.36. The summed E-state index contributed by atoms with van der Waals surface area (Å²) in [6.45, 7) is 5.17. The summed E-state index contributed by atoms with van der Waals surface area (Å²) >= 11 is 0. The first-order valence-electron chi connectivity index (χ1n) is 6.16. The standard InChI is InChI=1S/C13H20O4/c1-7-9-5-6-10(17-9)13(3,11(7)15)12(16-4)8(2)14/h7,9-10,12H,5-6H2,1-4H3/t7-,9+,10-,12+,13-/m0/s1. The fourth-order valence-electron chi connectivity index (χ4n) is 3.42. The molecule has 2 aliphatic heterocycles. The van der Waals surface area contributed by atoms with Gasteiger partial charge in [-0.25, -0.2) is 0 Å². The summed E-state index contributed by atoms with van der Waals surface area (Å²) in [5.41, 5.74) is -0.826. The van der Waals surface area contributed by atoms with Crippen molar-refractivity contribution in [2.75, 3.05) is 7.11 Å². The van der Waals surface area contributed by atoms with Gasteiger partial charge in [-0.15, -0.1) is 0 Å². The molecule has 0 N–H and O–H groups in total. The van der Waals surface area contributed by atoms with Gasteiger partial charge in [0.05, 0.1) is 17.6 Å². The number of hydrogen-bond acceptors (Lipinski definition) is 4. The molecule has 0 unspecified atom stereocenters. The van der Waals surface area contributed by atoms with E-state index in [9.17, 15) is 9.59 Å². The van der Waals surface area contributed by atoms with E-state index in [2.05, 4.69) is 0 Å². The largest absolute Gasteiger partial charge is 0.373 e. The maximum absolute atomic E-state index is 12.5. The third kappa shape index (κ3) is 1.66. The minimum Gasteiger partial charge on any atom is -0.373 e. The molecule has 17 heavy (non-hydrogen) atoms. The Bertz CT molecular complexity index is 351. The second kappa shape index (κ2) is 4.18. The molecular formula is C13H20O4. The number of ketones is 2. The van der Waals surface area contributed by atoms with E-state index in [-0.39, 0.29) is 29.7 Å². The van der Waals surface area contributed by atoms with Crippen LogP contribution in [0.5, 0.6) is 0 Å². The molecule has 4 heteroatoms. The Hall–Kier alpha value is -0.740. The van der Waals surface area contributed by atoms with Crippen molar-refractivity contribution >= 4 is 11.6 Å². The van der Waals surface area contributed by atoms with Gasteiger partial charge in [-0.05, 0) is 26.7 Å². The molecule has 4 nitrogen and oxygen atoms in total. The molecule has 2 aliphatic rings. The molecule has 2 fully saturated rings. The van der Waals surface area contributed by atoms with Crippen LogP contribution in [0.1, 0.15) is 33.6 Å². The van der Waals surface area contributed by atoms with Gasteiger partial charge in [-0.1, -0.05) is 6.92 Å². The van der Waals surface area contributed by atoms with Crippen LogP contribution in [-0.2, 0) is 19.1 Å². The van der Waals surface area contributed by atoms with Gasteiger partial charge in [0, 0.05) is 13.0 Å². The van der Waals surface area contributed by atoms with E-state index in [4.69, 9.17) is 9.47 Å². The monoisotopic (exact) mass is 240 g/mol. The second-order valence-corrected chi connectivity index (χ2v) is 5.40. The molecule has 96 valence electrons. The van der Waals surface area contributed by atoms with E-state index in [1.807, 2.05) is 13.8 Å². The third-order valence-electron chi connectivity index (χ3n) is 4.37. The summed E-state index contributed by atoms with van der Waals surface area (Å²) in [6.07, 6.45) is 0.905. The van der Waals surface area contributed by atoms with E-state index in [0.29, 0.717) is 0 Å². The Morgan fingerprint density at radius 1 is 1.53 bits per heavy atom. The van der Waals surface area contributed by atoms with Crippen LogP contribution >= 0.6 is 0 Å². The number of Topliss-reactive ketones (excluding diaryl/α,β-unsaturated/α-hetero) is 2. The third-order valence-corrected chi connectivity index (χ3v) is 4.37. The van der Waals surface area contributed by atoms with Crippen molar-refractivity contribution in [3.63, 3.8) is 0 Å². The van der Waals surface area contributed by atoms with Gasteiger partial charge >= 0.3 is 0 Å². The molecule has 0 aromatic carbocycles. The molecule has 0 spiro atoms. The fourth-order valence-corrected chi connectivity index (χ4v) is 3.42. The van der Waals surface area contributed by atoms with Crippen LogP contribution in [0.4, 0.5) is 0 Å². The van der Waals surface area contributed by atoms with Crippen molar-refractivity contribution in [3.05, 3.63) is 0 Å². The van der Waals surface area contributed by atoms with Crippen molar-refractivity contribution in [3.8, 4) is 0 Å². The lowest BCUT2D eigenvalue weighted by Gasteiger charge is -2.44. The number of rotatable bonds is 3. The van der Waals surface area contributed by atoms with Gasteiger partial charge in [0.25, 0.3) is 0 Å². The Morgan fingerprint density at radius 3 is 2.71 bits per heavy atom. The first kappa shape index (κ1) is 12.7. The van der Waals surface area contributed by atoms with Crippen molar-refractivity contribution in [1.29, 1.82) is 0 Å². The van der Waals surface area contributed by atoms with E-state index in [0.717, 1.165) is 12.8 Å². The van der Waals surface area contributed by atoms with Crippen LogP contribution in [-0.4, -0.2) is 37.0 Å². The lowest BCUT2D eigenvalue weighted by atomic mass is 9.69. The van der Waals surface area contributed by atoms with Crippen LogP contribution in [0, 0.1) is 11.3 Å². The second-order valence-electron chi connectivity index (χ2n) is 5.40. The van der Waals surface area contributed by atoms with Crippen molar-refractivity contribution in [1.82, 2.24) is 0 Å². The number of carbonyl (C=O) groups is 2. The van der Waals surface area contributed by atoms with Crippen molar-refractivity contribution in [2.45, 2.75) is 51.9 Å². The molecule has 0 saturated carbocycles. The quantitative estimate of drug-likeness (QED) is 0.747. The number of fused-ring (bicyclic) bond motifs is 2. The molecule has 0 radical (unpaired) electrons. The van der Waals surface area contributed by atoms with E-state index in [1.54, 1.807) is 0 Å². The minimum atomic E-state index is -0.826. The molecule has 2 heterocycles. The molecule has 0 amide bonds. The summed E-state index contributed by atoms with van der Waals surface area (Å²) in [5.74, 6) is -0.140. The first-order chi connectivity index (χ1) is 7.92. The Morgan fingerprint density at radius 2 is 2.18 bits per heavy atom. The summed E-state index contributed by atoms with van der Waals surface area (Å²) in [5, 5.41) is 0. The van der Waals surface area contributed by atoms with Crippen molar-refractivity contribution < 1.29 is 19.1 Å². The van der Waals surface area contributed by atoms with Gasteiger partial charge in [-0.2, -0.15) is 0 Å². The highest BCUT2D eigenvalue weighted by Gasteiger charge is 2.59. The Kier molecular flexibility index (Phi) is 3.12. The zero-order valence-corrected chi connectivity index (χ0v) is 10.9. The van der Waals surface area contributed by atoms with Crippen LogP contribution in [0.3, 0.4) is 0 Å². The number of ether oxygens (including phenoxy) is 2. The zero-order valence-electron chi connectivity index (χ0n) is 10.9. The van der Waals surface area contributed by atoms with Gasteiger partial charge in [0.1, 0.15) is 11.9 Å². The highest BCUT2D eigenvalue weighted by Crippen LogP contribution is 2.47. The van der Waals surface area contributed by atoms with Gasteiger partial charge in [0.15, 0.2) is 5.78 Å². The lowest BCUT2D eigenvalue weighted by molar-refractivity contribution is -0.180. The summed E-state index contributed by atoms with van der Waals surface area (Å²) in [6, 6.07) is 0. The lowest BCUT2D eigenvalue weighted by Crippen LogP contribution is -2.58. The molecule has 2 bridgehead atoms. The Balaban J connectivity index is 2.39. The molecule has 0 aromatic rings. The highest BCUT2D eigenvalue weighted by atomic mass is 16.5. The number of methoxy groups -OCH3 is 1. The highest BCUT2D eigenvalue weighted by molar-refractivity contribution is 5.95. The molecule has 2 rings (SSSR count). The van der Waals surface area contributed by atoms with Crippen molar-refractivity contribution in [2.24, 2.45) is 11.3 Å². The van der Waals surface area contributed by atoms with Crippen LogP contribution in [0.2, 0.25) is 0 Å². The molecule has 0 aromatic heterocycles. The number of carbonyl (C=O) groups excluding carboxylic acids is 2. The van der Waals surface area contributed by atoms with Gasteiger partial charge in [0.2, 0.25) is 0 Å². The average molecular weight is 240 g/mol.